The molecule has 2 aliphatic rings. The zero-order valence-corrected chi connectivity index (χ0v) is 17.7. The van der Waals surface area contributed by atoms with E-state index in [9.17, 15) is 4.79 Å². The van der Waals surface area contributed by atoms with Crippen LogP contribution in [0.25, 0.3) is 0 Å². The summed E-state index contributed by atoms with van der Waals surface area (Å²) in [4.78, 5) is 14.9. The number of carbonyl (C=O) groups is 1. The first kappa shape index (κ1) is 19.6. The minimum atomic E-state index is -0.188. The third kappa shape index (κ3) is 4.06. The highest BCUT2D eigenvalue weighted by atomic mass is 32.1. The van der Waals surface area contributed by atoms with Crippen LogP contribution in [-0.2, 0) is 4.79 Å². The number of hydrogen-bond donors (Lipinski definition) is 1. The highest BCUT2D eigenvalue weighted by Crippen LogP contribution is 2.38. The lowest BCUT2D eigenvalue weighted by atomic mass is 9.85. The van der Waals surface area contributed by atoms with Crippen LogP contribution >= 0.6 is 12.2 Å². The molecule has 4 nitrogen and oxygen atoms in total. The number of ketones is 1. The van der Waals surface area contributed by atoms with Gasteiger partial charge in [0.2, 0.25) is 0 Å². The Hall–Kier alpha value is -2.66. The molecule has 0 bridgehead atoms. The van der Waals surface area contributed by atoms with E-state index in [2.05, 4.69) is 24.1 Å². The van der Waals surface area contributed by atoms with E-state index in [1.807, 2.05) is 48.5 Å². The molecule has 0 radical (unpaired) electrons. The minimum Gasteiger partial charge on any atom is -0.457 e. The molecule has 0 saturated heterocycles. The Morgan fingerprint density at radius 3 is 2.38 bits per heavy atom. The van der Waals surface area contributed by atoms with Crippen molar-refractivity contribution in [1.82, 2.24) is 10.2 Å². The lowest BCUT2D eigenvalue weighted by Crippen LogP contribution is -2.49. The van der Waals surface area contributed by atoms with Crippen molar-refractivity contribution >= 4 is 23.1 Å². The zero-order chi connectivity index (χ0) is 20.4. The van der Waals surface area contributed by atoms with Crippen molar-refractivity contribution in [3.05, 3.63) is 70.9 Å². The van der Waals surface area contributed by atoms with Crippen LogP contribution in [0.1, 0.15) is 49.8 Å². The van der Waals surface area contributed by atoms with E-state index >= 15 is 0 Å². The Bertz CT molecular complexity index is 948. The van der Waals surface area contributed by atoms with E-state index in [4.69, 9.17) is 17.0 Å². The number of carbonyl (C=O) groups excluding carboxylic acids is 1. The highest BCUT2D eigenvalue weighted by molar-refractivity contribution is 7.80. The first-order valence-corrected chi connectivity index (χ1v) is 10.7. The standard InChI is InChI=1S/C24H26N2O2S/c1-3-15-26-20-5-4-6-21(27)22(20)23(25-24(26)29)17-9-13-19(14-10-17)28-18-11-7-16(2)8-12-18/h7-14,23H,3-6,15H2,1-2H3,(H,25,29). The van der Waals surface area contributed by atoms with Gasteiger partial charge >= 0.3 is 0 Å². The van der Waals surface area contributed by atoms with Gasteiger partial charge in [-0.25, -0.2) is 0 Å². The van der Waals surface area contributed by atoms with Gasteiger partial charge < -0.3 is 15.0 Å². The number of nitrogens with one attached hydrogen (secondary N) is 1. The second kappa shape index (κ2) is 8.37. The van der Waals surface area contributed by atoms with Crippen molar-refractivity contribution in [2.24, 2.45) is 0 Å². The fourth-order valence-corrected chi connectivity index (χ4v) is 4.35. The normalized spacial score (nSPS) is 19.1. The molecule has 2 aromatic carbocycles. The quantitative estimate of drug-likeness (QED) is 0.670. The summed E-state index contributed by atoms with van der Waals surface area (Å²) in [5.74, 6) is 1.81. The molecule has 2 aromatic rings. The number of thiocarbonyl (C=S) groups is 1. The van der Waals surface area contributed by atoms with E-state index in [1.54, 1.807) is 0 Å². The predicted molar refractivity (Wildman–Crippen MR) is 119 cm³/mol. The summed E-state index contributed by atoms with van der Waals surface area (Å²) < 4.78 is 5.94. The average Bonchev–Trinajstić information content (AvgIpc) is 2.72. The third-order valence-corrected chi connectivity index (χ3v) is 5.81. The van der Waals surface area contributed by atoms with Crippen LogP contribution in [0.5, 0.6) is 11.5 Å². The maximum absolute atomic E-state index is 12.8. The summed E-state index contributed by atoms with van der Waals surface area (Å²) >= 11 is 5.64. The van der Waals surface area contributed by atoms with E-state index in [0.717, 1.165) is 54.1 Å². The molecule has 0 saturated carbocycles. The van der Waals surface area contributed by atoms with Crippen LogP contribution in [-0.4, -0.2) is 22.3 Å². The van der Waals surface area contributed by atoms with Crippen LogP contribution in [0.2, 0.25) is 0 Å². The maximum Gasteiger partial charge on any atom is 0.173 e. The van der Waals surface area contributed by atoms with Crippen LogP contribution in [0, 0.1) is 6.92 Å². The van der Waals surface area contributed by atoms with Crippen LogP contribution in [0.15, 0.2) is 59.8 Å². The van der Waals surface area contributed by atoms with Gasteiger partial charge in [-0.2, -0.15) is 0 Å². The number of nitrogens with zero attached hydrogens (tertiary/aromatic N) is 1. The first-order chi connectivity index (χ1) is 14.1. The van der Waals surface area contributed by atoms with E-state index in [0.29, 0.717) is 11.5 Å². The van der Waals surface area contributed by atoms with E-state index in [1.165, 1.54) is 5.56 Å². The number of aryl methyl sites for hydroxylation is 1. The predicted octanol–water partition coefficient (Wildman–Crippen LogP) is 5.44. The summed E-state index contributed by atoms with van der Waals surface area (Å²) in [6, 6.07) is 15.7. The van der Waals surface area contributed by atoms with Gasteiger partial charge in [-0.1, -0.05) is 36.8 Å². The number of rotatable bonds is 5. The van der Waals surface area contributed by atoms with Gasteiger partial charge in [0.15, 0.2) is 10.9 Å². The van der Waals surface area contributed by atoms with Crippen LogP contribution in [0.4, 0.5) is 0 Å². The second-order valence-corrected chi connectivity index (χ2v) is 8.04. The third-order valence-electron chi connectivity index (χ3n) is 5.47. The van der Waals surface area contributed by atoms with E-state index in [-0.39, 0.29) is 11.8 Å². The van der Waals surface area contributed by atoms with Crippen molar-refractivity contribution in [2.75, 3.05) is 6.54 Å². The number of allylic oxidation sites excluding steroid dienone is 1. The summed E-state index contributed by atoms with van der Waals surface area (Å²) in [6.45, 7) is 5.03. The lowest BCUT2D eigenvalue weighted by Gasteiger charge is -2.41. The Morgan fingerprint density at radius 1 is 1.07 bits per heavy atom. The van der Waals surface area contributed by atoms with Gasteiger partial charge in [-0.15, -0.1) is 0 Å². The molecule has 1 aliphatic heterocycles. The summed E-state index contributed by atoms with van der Waals surface area (Å²) in [5.41, 5.74) is 4.22. The van der Waals surface area contributed by atoms with Gasteiger partial charge in [-0.3, -0.25) is 4.79 Å². The molecular weight excluding hydrogens is 380 g/mol. The molecule has 0 aromatic heterocycles. The van der Waals surface area contributed by atoms with Crippen LogP contribution in [0.3, 0.4) is 0 Å². The number of ether oxygens (including phenoxy) is 1. The molecule has 1 unspecified atom stereocenters. The van der Waals surface area contributed by atoms with E-state index < -0.39 is 0 Å². The Balaban J connectivity index is 1.61. The fraction of sp³-hybridized carbons (Fsp3) is 0.333. The Labute approximate surface area is 177 Å². The van der Waals surface area contributed by atoms with Gasteiger partial charge in [0.1, 0.15) is 11.5 Å². The summed E-state index contributed by atoms with van der Waals surface area (Å²) in [5, 5.41) is 4.12. The maximum atomic E-state index is 12.8. The Kier molecular flexibility index (Phi) is 5.67. The molecule has 150 valence electrons. The molecule has 1 aliphatic carbocycles. The monoisotopic (exact) mass is 406 g/mol. The van der Waals surface area contributed by atoms with Gasteiger partial charge in [0.05, 0.1) is 6.04 Å². The molecule has 1 N–H and O–H groups in total. The largest absolute Gasteiger partial charge is 0.457 e. The number of hydrogen-bond acceptors (Lipinski definition) is 3. The molecule has 0 fully saturated rings. The molecular formula is C24H26N2O2S. The van der Waals surface area contributed by atoms with Gasteiger partial charge in [0.25, 0.3) is 0 Å². The topological polar surface area (TPSA) is 41.6 Å². The molecule has 1 heterocycles. The molecule has 4 rings (SSSR count). The van der Waals surface area contributed by atoms with Crippen molar-refractivity contribution in [2.45, 2.75) is 45.6 Å². The van der Waals surface area contributed by atoms with Crippen molar-refractivity contribution in [3.63, 3.8) is 0 Å². The lowest BCUT2D eigenvalue weighted by molar-refractivity contribution is -0.116. The average molecular weight is 407 g/mol. The zero-order valence-electron chi connectivity index (χ0n) is 16.9. The molecule has 1 atom stereocenters. The molecule has 29 heavy (non-hydrogen) atoms. The highest BCUT2D eigenvalue weighted by Gasteiger charge is 2.36. The first-order valence-electron chi connectivity index (χ1n) is 10.3. The smallest absolute Gasteiger partial charge is 0.173 e. The van der Waals surface area contributed by atoms with Crippen molar-refractivity contribution in [1.29, 1.82) is 0 Å². The molecule has 0 spiro atoms. The fourth-order valence-electron chi connectivity index (χ4n) is 4.03. The van der Waals surface area contributed by atoms with Crippen molar-refractivity contribution in [3.8, 4) is 11.5 Å². The van der Waals surface area contributed by atoms with Crippen LogP contribution < -0.4 is 10.1 Å². The molecule has 5 heteroatoms. The van der Waals surface area contributed by atoms with Gasteiger partial charge in [-0.05, 0) is 68.2 Å². The van der Waals surface area contributed by atoms with Gasteiger partial charge in [0, 0.05) is 24.2 Å². The number of benzene rings is 2. The molecule has 0 amide bonds. The second-order valence-electron chi connectivity index (χ2n) is 7.66. The number of Topliss-reactive ketones (excluding diaryl/α,β-unsaturated/α-hetero) is 1. The summed E-state index contributed by atoms with van der Waals surface area (Å²) in [6.07, 6.45) is 3.41. The van der Waals surface area contributed by atoms with Crippen molar-refractivity contribution < 1.29 is 9.53 Å². The SMILES string of the molecule is CCCN1C(=S)NC(c2ccc(Oc3ccc(C)cc3)cc2)C2=C1CCCC2=O. The minimum absolute atomic E-state index is 0.188. The Morgan fingerprint density at radius 2 is 1.72 bits per heavy atom. The summed E-state index contributed by atoms with van der Waals surface area (Å²) in [7, 11) is 0.